The minimum absolute atomic E-state index is 0.0173. The summed E-state index contributed by atoms with van der Waals surface area (Å²) >= 11 is 0. The van der Waals surface area contributed by atoms with Crippen molar-refractivity contribution in [1.29, 1.82) is 5.26 Å². The number of halogens is 1. The van der Waals surface area contributed by atoms with Gasteiger partial charge in [-0.3, -0.25) is 19.7 Å². The number of hydrogen-bond acceptors (Lipinski definition) is 7. The molecule has 1 aliphatic heterocycles. The third-order valence-corrected chi connectivity index (χ3v) is 6.91. The van der Waals surface area contributed by atoms with Gasteiger partial charge in [-0.1, -0.05) is 12.1 Å². The van der Waals surface area contributed by atoms with Crippen LogP contribution in [-0.4, -0.2) is 49.6 Å². The maximum absolute atomic E-state index is 13.7. The molecule has 3 atom stereocenters. The van der Waals surface area contributed by atoms with Crippen LogP contribution in [0.15, 0.2) is 65.8 Å². The first-order valence-corrected chi connectivity index (χ1v) is 11.8. The molecular formula is C27H26FN7O. The normalized spacial score (nSPS) is 19.2. The van der Waals surface area contributed by atoms with Gasteiger partial charge in [-0.15, -0.1) is 0 Å². The van der Waals surface area contributed by atoms with E-state index in [9.17, 15) is 14.4 Å². The van der Waals surface area contributed by atoms with Gasteiger partial charge in [-0.2, -0.15) is 5.26 Å². The number of hydrogen-bond donors (Lipinski definition) is 0. The number of piperazine rings is 1. The van der Waals surface area contributed by atoms with E-state index in [-0.39, 0.29) is 29.5 Å². The quantitative estimate of drug-likeness (QED) is 0.439. The van der Waals surface area contributed by atoms with E-state index in [1.807, 2.05) is 0 Å². The second kappa shape index (κ2) is 9.47. The summed E-state index contributed by atoms with van der Waals surface area (Å²) in [6.07, 6.45) is 5.05. The van der Waals surface area contributed by atoms with E-state index in [4.69, 9.17) is 0 Å². The number of fused-ring (bicyclic) bond motifs is 1. The molecular weight excluding hydrogens is 457 g/mol. The average molecular weight is 484 g/mol. The third kappa shape index (κ3) is 4.20. The fourth-order valence-electron chi connectivity index (χ4n) is 5.07. The lowest BCUT2D eigenvalue weighted by Gasteiger charge is -2.48. The van der Waals surface area contributed by atoms with Crippen LogP contribution in [0.4, 0.5) is 10.1 Å². The van der Waals surface area contributed by atoms with Crippen molar-refractivity contribution in [1.82, 2.24) is 24.4 Å². The van der Waals surface area contributed by atoms with E-state index in [2.05, 4.69) is 44.7 Å². The summed E-state index contributed by atoms with van der Waals surface area (Å²) in [7, 11) is 1.71. The van der Waals surface area contributed by atoms with Crippen molar-refractivity contribution in [3.05, 3.63) is 94.2 Å². The highest BCUT2D eigenvalue weighted by atomic mass is 19.1. The van der Waals surface area contributed by atoms with Crippen LogP contribution in [0.3, 0.4) is 0 Å². The Labute approximate surface area is 208 Å². The van der Waals surface area contributed by atoms with Crippen LogP contribution >= 0.6 is 0 Å². The van der Waals surface area contributed by atoms with Crippen molar-refractivity contribution in [3.63, 3.8) is 0 Å². The van der Waals surface area contributed by atoms with Crippen LogP contribution in [0.1, 0.15) is 36.8 Å². The second-order valence-electron chi connectivity index (χ2n) is 9.23. The molecule has 0 amide bonds. The molecule has 1 saturated heterocycles. The minimum Gasteiger partial charge on any atom is -0.364 e. The molecule has 1 fully saturated rings. The van der Waals surface area contributed by atoms with Gasteiger partial charge in [-0.05, 0) is 43.7 Å². The molecule has 182 valence electrons. The molecule has 5 rings (SSSR count). The van der Waals surface area contributed by atoms with Gasteiger partial charge in [0.15, 0.2) is 0 Å². The summed E-state index contributed by atoms with van der Waals surface area (Å²) < 4.78 is 15.3. The molecule has 1 unspecified atom stereocenters. The Hall–Kier alpha value is -4.16. The molecule has 8 nitrogen and oxygen atoms in total. The molecule has 1 aliphatic rings. The van der Waals surface area contributed by atoms with Crippen molar-refractivity contribution < 1.29 is 4.39 Å². The first kappa shape index (κ1) is 23.6. The molecule has 0 spiro atoms. The molecule has 9 heteroatoms. The summed E-state index contributed by atoms with van der Waals surface area (Å²) in [5.41, 5.74) is 3.94. The van der Waals surface area contributed by atoms with Crippen molar-refractivity contribution in [2.45, 2.75) is 32.0 Å². The number of nitriles is 1. The molecule has 0 bridgehead atoms. The molecule has 4 heterocycles. The topological polar surface area (TPSA) is 90.9 Å². The van der Waals surface area contributed by atoms with E-state index in [1.54, 1.807) is 60.5 Å². The van der Waals surface area contributed by atoms with Gasteiger partial charge in [-0.25, -0.2) is 9.37 Å². The predicted octanol–water partition coefficient (Wildman–Crippen LogP) is 3.42. The highest BCUT2D eigenvalue weighted by Crippen LogP contribution is 2.35. The van der Waals surface area contributed by atoms with Crippen LogP contribution in [0.25, 0.3) is 11.0 Å². The van der Waals surface area contributed by atoms with Crippen LogP contribution in [0.5, 0.6) is 0 Å². The molecule has 0 aliphatic carbocycles. The molecule has 0 N–H and O–H groups in total. The van der Waals surface area contributed by atoms with Crippen molar-refractivity contribution >= 4 is 16.7 Å². The third-order valence-electron chi connectivity index (χ3n) is 6.91. The van der Waals surface area contributed by atoms with Crippen molar-refractivity contribution in [3.8, 4) is 6.07 Å². The molecule has 0 saturated carbocycles. The lowest BCUT2D eigenvalue weighted by Crippen LogP contribution is -2.57. The predicted molar refractivity (Wildman–Crippen MR) is 135 cm³/mol. The lowest BCUT2D eigenvalue weighted by atomic mass is 9.96. The van der Waals surface area contributed by atoms with Gasteiger partial charge in [0.1, 0.15) is 23.1 Å². The van der Waals surface area contributed by atoms with Gasteiger partial charge in [0.2, 0.25) is 0 Å². The highest BCUT2D eigenvalue weighted by molar-refractivity contribution is 5.89. The number of nitrogens with zero attached hydrogens (tertiary/aromatic N) is 7. The largest absolute Gasteiger partial charge is 0.364 e. The molecule has 4 aromatic rings. The number of aromatic nitrogens is 4. The highest BCUT2D eigenvalue weighted by Gasteiger charge is 2.36. The van der Waals surface area contributed by atoms with E-state index in [0.717, 1.165) is 16.9 Å². The minimum atomic E-state index is -0.287. The molecule has 3 aromatic heterocycles. The Morgan fingerprint density at radius 2 is 1.86 bits per heavy atom. The Kier molecular flexibility index (Phi) is 6.20. The first-order valence-electron chi connectivity index (χ1n) is 11.8. The lowest BCUT2D eigenvalue weighted by molar-refractivity contribution is 0.127. The van der Waals surface area contributed by atoms with E-state index >= 15 is 0 Å². The Morgan fingerprint density at radius 1 is 1.08 bits per heavy atom. The standard InChI is InChI=1S/C27H26FN7O/c1-17-16-35(27(22-14-30-10-11-31-22)19-4-6-20(28)7-5-19)18(2)15-34(17)24-12-25(36)33(3)23-9-8-21(13-29)32-26(23)24/h4-12,14,17-18,27H,15-16H2,1-3H3/t17-,18+,27?/m0/s1. The molecule has 0 radical (unpaired) electrons. The van der Waals surface area contributed by atoms with Crippen molar-refractivity contribution in [2.24, 2.45) is 7.05 Å². The Bertz CT molecular complexity index is 1500. The van der Waals surface area contributed by atoms with Crippen LogP contribution in [0, 0.1) is 17.1 Å². The summed E-state index contributed by atoms with van der Waals surface area (Å²) in [4.78, 5) is 30.7. The maximum atomic E-state index is 13.7. The smallest absolute Gasteiger partial charge is 0.252 e. The average Bonchev–Trinajstić information content (AvgIpc) is 2.89. The fraction of sp³-hybridized carbons (Fsp3) is 0.296. The van der Waals surface area contributed by atoms with Gasteiger partial charge >= 0.3 is 0 Å². The summed E-state index contributed by atoms with van der Waals surface area (Å²) in [6, 6.07) is 13.5. The van der Waals surface area contributed by atoms with Crippen LogP contribution in [0.2, 0.25) is 0 Å². The first-order chi connectivity index (χ1) is 17.4. The van der Waals surface area contributed by atoms with E-state index in [0.29, 0.717) is 29.8 Å². The Balaban J connectivity index is 1.55. The van der Waals surface area contributed by atoms with Crippen molar-refractivity contribution in [2.75, 3.05) is 18.0 Å². The number of benzene rings is 1. The maximum Gasteiger partial charge on any atom is 0.252 e. The SMILES string of the molecule is C[C@@H]1CN(c2cc(=O)n(C)c3ccc(C#N)nc23)[C@@H](C)CN1C(c1ccc(F)cc1)c1cnccn1. The second-order valence-corrected chi connectivity index (χ2v) is 9.23. The van der Waals surface area contributed by atoms with Crippen LogP contribution in [-0.2, 0) is 7.05 Å². The zero-order valence-electron chi connectivity index (χ0n) is 20.3. The summed E-state index contributed by atoms with van der Waals surface area (Å²) in [5.74, 6) is -0.287. The molecule has 36 heavy (non-hydrogen) atoms. The monoisotopic (exact) mass is 483 g/mol. The van der Waals surface area contributed by atoms with Gasteiger partial charge in [0.05, 0.1) is 29.1 Å². The zero-order valence-corrected chi connectivity index (χ0v) is 20.3. The van der Waals surface area contributed by atoms with E-state index < -0.39 is 0 Å². The number of pyridine rings is 2. The number of anilines is 1. The number of rotatable bonds is 4. The zero-order chi connectivity index (χ0) is 25.4. The Morgan fingerprint density at radius 3 is 2.56 bits per heavy atom. The van der Waals surface area contributed by atoms with Crippen LogP contribution < -0.4 is 10.5 Å². The van der Waals surface area contributed by atoms with Gasteiger partial charge in [0.25, 0.3) is 5.56 Å². The van der Waals surface area contributed by atoms with Gasteiger partial charge < -0.3 is 9.47 Å². The molecule has 1 aromatic carbocycles. The number of aryl methyl sites for hydroxylation is 1. The van der Waals surface area contributed by atoms with E-state index in [1.165, 1.54) is 12.1 Å². The summed E-state index contributed by atoms with van der Waals surface area (Å²) in [6.45, 7) is 5.52. The van der Waals surface area contributed by atoms with Gasteiger partial charge in [0, 0.05) is 50.7 Å². The summed E-state index contributed by atoms with van der Waals surface area (Å²) in [5, 5.41) is 9.41. The fourth-order valence-corrected chi connectivity index (χ4v) is 5.07.